The number of phosphoric acid groups is 3. The summed E-state index contributed by atoms with van der Waals surface area (Å²) >= 11 is 12.5. The second kappa shape index (κ2) is 48.2. The van der Waals surface area contributed by atoms with Crippen LogP contribution in [-0.2, 0) is 111 Å². The van der Waals surface area contributed by atoms with Gasteiger partial charge >= 0.3 is 23.5 Å². The first-order chi connectivity index (χ1) is 68.7. The lowest BCUT2D eigenvalue weighted by Gasteiger charge is -2.16. The molecule has 0 atom stereocenters. The third kappa shape index (κ3) is 27.0. The van der Waals surface area contributed by atoms with Crippen LogP contribution in [0.2, 0.25) is 0 Å². The Hall–Kier alpha value is -12.9. The lowest BCUT2D eigenvalue weighted by atomic mass is 10.1. The Balaban J connectivity index is 0.000000161. The second-order valence-electron chi connectivity index (χ2n) is 33.6. The molecule has 0 unspecified atom stereocenters. The van der Waals surface area contributed by atoms with Gasteiger partial charge in [-0.3, -0.25) is 48.5 Å². The number of carbonyl (C=O) groups is 4. The Morgan fingerprint density at radius 1 is 0.347 bits per heavy atom. The van der Waals surface area contributed by atoms with Crippen LogP contribution in [0.1, 0.15) is 147 Å². The van der Waals surface area contributed by atoms with Gasteiger partial charge < -0.3 is 102 Å². The highest BCUT2D eigenvalue weighted by Crippen LogP contribution is 2.47. The summed E-state index contributed by atoms with van der Waals surface area (Å²) in [5.41, 5.74) is 38.2. The Kier molecular flexibility index (Phi) is 36.3. The number of nitrogen functional groups attached to an aromatic ring is 4. The highest BCUT2D eigenvalue weighted by Gasteiger charge is 2.30. The van der Waals surface area contributed by atoms with Crippen LogP contribution in [0.5, 0.6) is 46.0 Å². The zero-order chi connectivity index (χ0) is 104. The first-order valence-electron chi connectivity index (χ1n) is 45.5. The van der Waals surface area contributed by atoms with Crippen LogP contribution >= 0.6 is 87.2 Å². The number of amides is 4. The van der Waals surface area contributed by atoms with E-state index in [0.717, 1.165) is 141 Å². The van der Waals surface area contributed by atoms with Gasteiger partial charge in [0.05, 0.1) is 91.6 Å². The first-order valence-corrected chi connectivity index (χ1v) is 54.6. The number of rotatable bonds is 38. The minimum absolute atomic E-state index is 0.0579. The normalized spacial score (nSPS) is 11.7. The first kappa shape index (κ1) is 108. The summed E-state index contributed by atoms with van der Waals surface area (Å²) in [6.45, 7) is 10.5. The van der Waals surface area contributed by atoms with Crippen molar-refractivity contribution in [2.75, 3.05) is 44.3 Å². The number of para-hydroxylation sites is 2. The molecule has 0 aliphatic heterocycles. The number of nitrogens with zero attached hydrogens (tertiary/aromatic N) is 12. The smallest absolute Gasteiger partial charge is 0.508 e. The maximum Gasteiger partial charge on any atom is 0.524 e. The van der Waals surface area contributed by atoms with E-state index in [4.69, 9.17) is 51.9 Å². The molecule has 48 heteroatoms. The second-order valence-corrected chi connectivity index (χ2v) is 39.3. The van der Waals surface area contributed by atoms with Crippen molar-refractivity contribution in [1.82, 2.24) is 79.4 Å². The lowest BCUT2D eigenvalue weighted by Crippen LogP contribution is -2.23. The third-order valence-electron chi connectivity index (χ3n) is 23.1. The number of fused-ring (bicyclic) bond motifs is 12. The molecule has 8 aromatic carbocycles. The molecule has 8 heterocycles. The SMILES string of the molecule is CCCCc1nc2c(N)nc3cc(CNC(=O)CBr)ccc3c2n1Cc1cc(O)ccc1O.CCCCc1nc2c(N)nc3cc(CNC(=O)CBr)ccc3c2n1Cc1cc(OP(=O)(O)O)ccc1O.CCCCc1nc2c(N)nc3cc(CNC(=O)CBr)ccc3c2n1Cc1cccc(O)c1OP(=O)(O)O.CCCCc1nc2c(N)nc3cc(CNC(=O)CBr)ccc3c2n1Cc1cccc(OP(=O)(O)O)c1O. The number of halogens is 4. The maximum absolute atomic E-state index is 11.6. The minimum Gasteiger partial charge on any atom is -0.508 e. The number of phenols is 5. The molecule has 16 aromatic rings. The summed E-state index contributed by atoms with van der Waals surface area (Å²) in [7, 11) is -14.6. The molecule has 0 spiro atoms. The largest absolute Gasteiger partial charge is 0.524 e. The number of phenolic OH excluding ortho intramolecular Hbond substituents is 5. The van der Waals surface area contributed by atoms with E-state index in [-0.39, 0.29) is 128 Å². The number of pyridine rings is 4. The molecule has 0 bridgehead atoms. The average Bonchev–Trinajstić information content (AvgIpc) is 1.60. The molecule has 0 saturated carbocycles. The van der Waals surface area contributed by atoms with Crippen LogP contribution in [0, 0.1) is 0 Å². The van der Waals surface area contributed by atoms with Crippen LogP contribution in [0.25, 0.3) is 87.7 Å². The van der Waals surface area contributed by atoms with Gasteiger partial charge in [-0.1, -0.05) is 190 Å². The van der Waals surface area contributed by atoms with Crippen molar-refractivity contribution in [3.63, 3.8) is 0 Å². The van der Waals surface area contributed by atoms with E-state index in [2.05, 4.69) is 137 Å². The number of hydrogen-bond donors (Lipinski definition) is 19. The van der Waals surface area contributed by atoms with E-state index >= 15 is 0 Å². The Bertz CT molecular complexity index is 7510. The predicted molar refractivity (Wildman–Crippen MR) is 563 cm³/mol. The molecule has 23 N–H and O–H groups in total. The number of alkyl halides is 4. The van der Waals surface area contributed by atoms with Crippen LogP contribution in [0.3, 0.4) is 0 Å². The van der Waals surface area contributed by atoms with Gasteiger partial charge in [-0.25, -0.2) is 53.6 Å². The van der Waals surface area contributed by atoms with E-state index in [9.17, 15) is 87.8 Å². The van der Waals surface area contributed by atoms with Crippen molar-refractivity contribution in [3.8, 4) is 46.0 Å². The fraction of sp³-hybridized carbons (Fsp3) is 0.292. The summed E-state index contributed by atoms with van der Waals surface area (Å²) in [4.78, 5) is 139. The quantitative estimate of drug-likeness (QED) is 0.00971. The fourth-order valence-corrected chi connectivity index (χ4v) is 18.3. The molecule has 0 radical (unpaired) electrons. The third-order valence-corrected chi connectivity index (χ3v) is 26.4. The number of aryl methyl sites for hydroxylation is 4. The number of anilines is 4. The van der Waals surface area contributed by atoms with E-state index in [0.29, 0.717) is 130 Å². The molecule has 760 valence electrons. The van der Waals surface area contributed by atoms with Crippen LogP contribution in [0.4, 0.5) is 23.3 Å². The van der Waals surface area contributed by atoms with Crippen LogP contribution in [0.15, 0.2) is 146 Å². The van der Waals surface area contributed by atoms with E-state index in [1.54, 1.807) is 30.3 Å². The molecule has 8 aromatic heterocycles. The predicted octanol–water partition coefficient (Wildman–Crippen LogP) is 15.2. The van der Waals surface area contributed by atoms with Gasteiger partial charge in [0.25, 0.3) is 0 Å². The summed E-state index contributed by atoms with van der Waals surface area (Å²) in [6, 6.07) is 40.2. The molecule has 144 heavy (non-hydrogen) atoms. The monoisotopic (exact) mass is 2280 g/mol. The van der Waals surface area contributed by atoms with Crippen molar-refractivity contribution >= 4 is 222 Å². The zero-order valence-electron chi connectivity index (χ0n) is 78.4. The number of nitrogens with two attached hydrogens (primary N) is 4. The fourth-order valence-electron chi connectivity index (χ4n) is 16.3. The van der Waals surface area contributed by atoms with Crippen molar-refractivity contribution in [2.45, 2.75) is 157 Å². The number of carbonyl (C=O) groups excluding carboxylic acids is 4. The molecular weight excluding hydrogens is 2180 g/mol. The topological polar surface area (TPSA) is 645 Å². The molecule has 0 fully saturated rings. The van der Waals surface area contributed by atoms with Gasteiger partial charge in [0.1, 0.15) is 68.4 Å². The highest BCUT2D eigenvalue weighted by molar-refractivity contribution is 9.10. The number of aromatic nitrogens is 12. The molecule has 0 saturated heterocycles. The van der Waals surface area contributed by atoms with Crippen molar-refractivity contribution in [2.24, 2.45) is 0 Å². The van der Waals surface area contributed by atoms with E-state index in [1.165, 1.54) is 42.5 Å². The van der Waals surface area contributed by atoms with Crippen molar-refractivity contribution < 1.29 is 101 Å². The maximum atomic E-state index is 11.6. The van der Waals surface area contributed by atoms with Gasteiger partial charge in [-0.2, -0.15) is 0 Å². The molecule has 0 aliphatic carbocycles. The summed E-state index contributed by atoms with van der Waals surface area (Å²) in [5, 5.41) is 67.3. The average molecular weight is 2290 g/mol. The van der Waals surface area contributed by atoms with Gasteiger partial charge in [-0.05, 0) is 121 Å². The zero-order valence-corrected chi connectivity index (χ0v) is 87.4. The van der Waals surface area contributed by atoms with Crippen molar-refractivity contribution in [3.05, 3.63) is 213 Å². The lowest BCUT2D eigenvalue weighted by molar-refractivity contribution is -0.119. The van der Waals surface area contributed by atoms with Gasteiger partial charge in [0.2, 0.25) is 23.6 Å². The summed E-state index contributed by atoms with van der Waals surface area (Å²) in [5.74, 6) is 2.33. The van der Waals surface area contributed by atoms with Gasteiger partial charge in [0.15, 0.2) is 46.3 Å². The van der Waals surface area contributed by atoms with Gasteiger partial charge in [0, 0.05) is 95.7 Å². The number of benzene rings is 8. The number of phosphoric ester groups is 3. The number of nitrogens with one attached hydrogen (secondary N) is 4. The van der Waals surface area contributed by atoms with Crippen LogP contribution < -0.4 is 57.8 Å². The Morgan fingerprint density at radius 2 is 0.653 bits per heavy atom. The Morgan fingerprint density at radius 3 is 0.979 bits per heavy atom. The standard InChI is InChI=1S/3C24H27BrN5O6P.C24H26BrN5O3/c1-2-3-7-19-29-21-22(30(19)13-15-5-4-6-18(23(15)32)36-37(33,34)35)16-9-8-14(12-27-20(31)11-25)10-17(16)28-24(21)26;1-2-3-7-19-29-21-22(30(19)13-15-5-4-6-18(31)23(15)36-37(33,34)35)16-9-8-14(12-27-20(32)11-25)10-17(16)28-24(21)26;1-2-3-4-20-29-22-23(30(20)13-15-10-16(6-8-19(15)31)36-37(33,34)35)17-7-5-14(12-27-21(32)11-25)9-18(17)28-24(22)26;1-2-3-4-20-29-22-23(30(20)13-15-10-16(31)6-8-19(15)32)17-7-5-14(12-27-21(33)11-25)9-18(17)28-24(22)26/h4-6,8-10,32H,2-3,7,11-13H2,1H3,(H2,26,28)(H,27,31)(H2,33,34,35);4-6,8-10,31H,2-3,7,11-13H2,1H3,(H2,26,28)(H,27,32)(H2,33,34,35);5-10,31H,2-4,11-13H2,1H3,(H2,26,28)(H,27,32)(H2,33,34,35);5-10,31-32H,2-4,11-13H2,1H3,(H2,26,28)(H,27,33). The Labute approximate surface area is 857 Å². The molecule has 4 amide bonds. The number of imidazole rings is 4. The van der Waals surface area contributed by atoms with Gasteiger partial charge in [-0.15, -0.1) is 0 Å². The number of unbranched alkanes of at least 4 members (excludes halogenated alkanes) is 4. The molecular formula is C96H107Br4N20O21P3. The summed E-state index contributed by atoms with van der Waals surface area (Å²) < 4.78 is 56.3. The minimum atomic E-state index is -4.93. The molecule has 41 nitrogen and oxygen atoms in total. The number of aromatic hydroxyl groups is 5. The van der Waals surface area contributed by atoms with E-state index < -0.39 is 23.5 Å². The van der Waals surface area contributed by atoms with Crippen molar-refractivity contribution in [1.29, 1.82) is 0 Å². The highest BCUT2D eigenvalue weighted by atomic mass is 79.9. The molecule has 16 rings (SSSR count). The van der Waals surface area contributed by atoms with E-state index in [1.807, 2.05) is 91.1 Å². The number of hydrogen-bond acceptors (Lipinski definition) is 27. The molecule has 0 aliphatic rings. The van der Waals surface area contributed by atoms with Crippen LogP contribution in [-0.4, -0.2) is 158 Å². The summed E-state index contributed by atoms with van der Waals surface area (Å²) in [6.07, 6.45) is 10.1.